The first-order valence-corrected chi connectivity index (χ1v) is 7.99. The maximum absolute atomic E-state index is 5.73. The number of likely N-dealkylation sites (N-methyl/N-ethyl adjacent to an activating group) is 1. The van der Waals surface area contributed by atoms with Crippen molar-refractivity contribution >= 4 is 11.3 Å². The first-order chi connectivity index (χ1) is 9.69. The molecule has 2 rings (SSSR count). The number of thiophene rings is 1. The van der Waals surface area contributed by atoms with Crippen molar-refractivity contribution in [2.45, 2.75) is 39.3 Å². The summed E-state index contributed by atoms with van der Waals surface area (Å²) in [5.74, 6) is 0.839. The van der Waals surface area contributed by atoms with Crippen LogP contribution in [0.25, 0.3) is 0 Å². The van der Waals surface area contributed by atoms with Crippen LogP contribution in [-0.4, -0.2) is 17.6 Å². The highest BCUT2D eigenvalue weighted by atomic mass is 32.1. The van der Waals surface area contributed by atoms with Crippen LogP contribution in [0, 0.1) is 0 Å². The van der Waals surface area contributed by atoms with Crippen LogP contribution in [0.3, 0.4) is 0 Å². The summed E-state index contributed by atoms with van der Waals surface area (Å²) >= 11 is 1.74. The molecule has 2 aromatic rings. The molecule has 0 saturated heterocycles. The summed E-state index contributed by atoms with van der Waals surface area (Å²) in [5.41, 5.74) is 2.53. The van der Waals surface area contributed by atoms with Gasteiger partial charge in [0.2, 0.25) is 0 Å². The van der Waals surface area contributed by atoms with Gasteiger partial charge in [0.05, 0.1) is 12.3 Å². The molecule has 0 amide bonds. The maximum Gasteiger partial charge on any atom is 0.138 e. The van der Waals surface area contributed by atoms with E-state index < -0.39 is 0 Å². The van der Waals surface area contributed by atoms with Crippen molar-refractivity contribution in [1.82, 2.24) is 10.3 Å². The van der Waals surface area contributed by atoms with E-state index in [1.165, 1.54) is 11.1 Å². The molecule has 20 heavy (non-hydrogen) atoms. The van der Waals surface area contributed by atoms with Crippen LogP contribution in [0.4, 0.5) is 0 Å². The van der Waals surface area contributed by atoms with Gasteiger partial charge >= 0.3 is 0 Å². The van der Waals surface area contributed by atoms with E-state index in [1.54, 1.807) is 17.5 Å². The van der Waals surface area contributed by atoms with Gasteiger partial charge in [-0.2, -0.15) is 11.3 Å². The molecule has 0 aliphatic heterocycles. The minimum absolute atomic E-state index is 0.168. The topological polar surface area (TPSA) is 34.2 Å². The highest BCUT2D eigenvalue weighted by Gasteiger charge is 2.13. The quantitative estimate of drug-likeness (QED) is 0.841. The number of hydrogen-bond donors (Lipinski definition) is 1. The Hall–Kier alpha value is -1.39. The number of rotatable bonds is 7. The molecule has 1 unspecified atom stereocenters. The van der Waals surface area contributed by atoms with Crippen molar-refractivity contribution in [3.05, 3.63) is 46.4 Å². The molecule has 0 radical (unpaired) electrons. The SMILES string of the molecule is CCNC(Cc1ccsc1)c1cncc(OC(C)C)c1. The van der Waals surface area contributed by atoms with E-state index in [1.807, 2.05) is 20.0 Å². The van der Waals surface area contributed by atoms with E-state index in [0.717, 1.165) is 18.7 Å². The molecular weight excluding hydrogens is 268 g/mol. The Kier molecular flexibility index (Phi) is 5.56. The lowest BCUT2D eigenvalue weighted by atomic mass is 10.0. The zero-order chi connectivity index (χ0) is 14.4. The van der Waals surface area contributed by atoms with Gasteiger partial charge in [0.15, 0.2) is 0 Å². The van der Waals surface area contributed by atoms with Crippen LogP contribution in [0.15, 0.2) is 35.3 Å². The van der Waals surface area contributed by atoms with Gasteiger partial charge in [-0.1, -0.05) is 6.92 Å². The van der Waals surface area contributed by atoms with Crippen molar-refractivity contribution in [3.8, 4) is 5.75 Å². The van der Waals surface area contributed by atoms with Crippen LogP contribution in [-0.2, 0) is 6.42 Å². The van der Waals surface area contributed by atoms with E-state index in [0.29, 0.717) is 0 Å². The molecule has 108 valence electrons. The molecule has 0 aromatic carbocycles. The van der Waals surface area contributed by atoms with Crippen molar-refractivity contribution < 1.29 is 4.74 Å². The fourth-order valence-corrected chi connectivity index (χ4v) is 2.84. The Balaban J connectivity index is 2.15. The molecule has 1 N–H and O–H groups in total. The zero-order valence-corrected chi connectivity index (χ0v) is 13.1. The van der Waals surface area contributed by atoms with E-state index in [2.05, 4.69) is 40.1 Å². The third kappa shape index (κ3) is 4.32. The second-order valence-electron chi connectivity index (χ2n) is 5.07. The monoisotopic (exact) mass is 290 g/mol. The smallest absolute Gasteiger partial charge is 0.138 e. The molecule has 0 aliphatic rings. The first kappa shape index (κ1) is 15.0. The molecule has 2 heterocycles. The predicted molar refractivity (Wildman–Crippen MR) is 84.4 cm³/mol. The maximum atomic E-state index is 5.73. The van der Waals surface area contributed by atoms with Crippen LogP contribution >= 0.6 is 11.3 Å². The molecule has 0 spiro atoms. The lowest BCUT2D eigenvalue weighted by Crippen LogP contribution is -2.23. The molecule has 0 fully saturated rings. The van der Waals surface area contributed by atoms with E-state index in [9.17, 15) is 0 Å². The highest BCUT2D eigenvalue weighted by molar-refractivity contribution is 7.07. The van der Waals surface area contributed by atoms with Crippen molar-refractivity contribution in [2.75, 3.05) is 6.54 Å². The number of nitrogens with one attached hydrogen (secondary N) is 1. The van der Waals surface area contributed by atoms with Crippen LogP contribution in [0.5, 0.6) is 5.75 Å². The number of pyridine rings is 1. The van der Waals surface area contributed by atoms with Crippen LogP contribution in [0.1, 0.15) is 37.9 Å². The molecular formula is C16H22N2OS. The average Bonchev–Trinajstić information content (AvgIpc) is 2.91. The fraction of sp³-hybridized carbons (Fsp3) is 0.438. The van der Waals surface area contributed by atoms with Crippen LogP contribution in [0.2, 0.25) is 0 Å². The van der Waals surface area contributed by atoms with Crippen molar-refractivity contribution in [3.63, 3.8) is 0 Å². The van der Waals surface area contributed by atoms with Gasteiger partial charge in [-0.05, 0) is 60.8 Å². The van der Waals surface area contributed by atoms with Crippen molar-refractivity contribution in [1.29, 1.82) is 0 Å². The average molecular weight is 290 g/mol. The summed E-state index contributed by atoms with van der Waals surface area (Å²) in [6, 6.07) is 4.54. The Labute approximate surface area is 125 Å². The van der Waals surface area contributed by atoms with Crippen LogP contribution < -0.4 is 10.1 Å². The standard InChI is InChI=1S/C16H22N2OS/c1-4-18-16(7-13-5-6-20-11-13)14-8-15(10-17-9-14)19-12(2)3/h5-6,8-12,16,18H,4,7H2,1-3H3. The number of aromatic nitrogens is 1. The molecule has 2 aromatic heterocycles. The Bertz CT molecular complexity index is 511. The fourth-order valence-electron chi connectivity index (χ4n) is 2.16. The molecule has 3 nitrogen and oxygen atoms in total. The summed E-state index contributed by atoms with van der Waals surface area (Å²) in [6.07, 6.45) is 4.84. The number of ether oxygens (including phenoxy) is 1. The predicted octanol–water partition coefficient (Wildman–Crippen LogP) is 3.82. The largest absolute Gasteiger partial charge is 0.489 e. The number of nitrogens with zero attached hydrogens (tertiary/aromatic N) is 1. The summed E-state index contributed by atoms with van der Waals surface area (Å²) in [4.78, 5) is 4.31. The Morgan fingerprint density at radius 3 is 2.85 bits per heavy atom. The van der Waals surface area contributed by atoms with Gasteiger partial charge < -0.3 is 10.1 Å². The highest BCUT2D eigenvalue weighted by Crippen LogP contribution is 2.23. The van der Waals surface area contributed by atoms with E-state index in [-0.39, 0.29) is 12.1 Å². The van der Waals surface area contributed by atoms with Gasteiger partial charge in [0.25, 0.3) is 0 Å². The van der Waals surface area contributed by atoms with Crippen molar-refractivity contribution in [2.24, 2.45) is 0 Å². The molecule has 0 bridgehead atoms. The molecule has 0 saturated carbocycles. The summed E-state index contributed by atoms with van der Waals surface area (Å²) in [6.45, 7) is 7.12. The third-order valence-corrected chi connectivity index (χ3v) is 3.71. The summed E-state index contributed by atoms with van der Waals surface area (Å²) < 4.78 is 5.73. The first-order valence-electron chi connectivity index (χ1n) is 7.05. The zero-order valence-electron chi connectivity index (χ0n) is 12.3. The lowest BCUT2D eigenvalue weighted by Gasteiger charge is -2.19. The summed E-state index contributed by atoms with van der Waals surface area (Å²) in [7, 11) is 0. The number of hydrogen-bond acceptors (Lipinski definition) is 4. The second-order valence-corrected chi connectivity index (χ2v) is 5.85. The molecule has 1 atom stereocenters. The molecule has 4 heteroatoms. The van der Waals surface area contributed by atoms with Gasteiger partial charge in [0, 0.05) is 12.2 Å². The van der Waals surface area contributed by atoms with E-state index >= 15 is 0 Å². The summed E-state index contributed by atoms with van der Waals surface area (Å²) in [5, 5.41) is 7.85. The normalized spacial score (nSPS) is 12.6. The molecule has 0 aliphatic carbocycles. The minimum atomic E-state index is 0.168. The van der Waals surface area contributed by atoms with Gasteiger partial charge in [0.1, 0.15) is 5.75 Å². The Morgan fingerprint density at radius 2 is 2.20 bits per heavy atom. The van der Waals surface area contributed by atoms with E-state index in [4.69, 9.17) is 4.74 Å². The lowest BCUT2D eigenvalue weighted by molar-refractivity contribution is 0.241. The van der Waals surface area contributed by atoms with Gasteiger partial charge in [-0.3, -0.25) is 4.98 Å². The van der Waals surface area contributed by atoms with Gasteiger partial charge in [-0.15, -0.1) is 0 Å². The third-order valence-electron chi connectivity index (χ3n) is 2.98. The second kappa shape index (κ2) is 7.41. The minimum Gasteiger partial charge on any atom is -0.489 e. The van der Waals surface area contributed by atoms with Gasteiger partial charge in [-0.25, -0.2) is 0 Å². The Morgan fingerprint density at radius 1 is 1.35 bits per heavy atom.